The number of rotatable bonds is 1. The molecule has 0 aromatic heterocycles. The summed E-state index contributed by atoms with van der Waals surface area (Å²) < 4.78 is 1.05. The van der Waals surface area contributed by atoms with E-state index in [1.54, 1.807) is 11.8 Å². The molecule has 0 amide bonds. The van der Waals surface area contributed by atoms with E-state index in [4.69, 9.17) is 0 Å². The number of hydrogen-bond acceptors (Lipinski definition) is 3. The average molecular weight is 230 g/mol. The molecule has 0 spiro atoms. The van der Waals surface area contributed by atoms with Crippen molar-refractivity contribution in [2.45, 2.75) is 6.04 Å². The van der Waals surface area contributed by atoms with E-state index in [1.165, 1.54) is 0 Å². The zero-order valence-electron chi connectivity index (χ0n) is 5.45. The van der Waals surface area contributed by atoms with Crippen LogP contribution >= 0.6 is 27.7 Å². The topological polar surface area (TPSA) is 29.4 Å². The van der Waals surface area contributed by atoms with Gasteiger partial charge in [-0.15, -0.1) is 0 Å². The lowest BCUT2D eigenvalue weighted by molar-refractivity contribution is -0.102. The molecule has 0 aromatic rings. The smallest absolute Gasteiger partial charge is 0.168 e. The number of aliphatic imine (C=N–C) groups is 1. The van der Waals surface area contributed by atoms with Gasteiger partial charge in [-0.25, -0.2) is 0 Å². The third kappa shape index (κ3) is 1.10. The molecule has 0 bridgehead atoms. The molecule has 56 valence electrons. The number of carbonyl (C=O) groups is 1. The lowest BCUT2D eigenvalue weighted by atomic mass is 10.3. The summed E-state index contributed by atoms with van der Waals surface area (Å²) in [7, 11) is 0. The minimum Gasteiger partial charge on any atom is -0.296 e. The van der Waals surface area contributed by atoms with Crippen molar-refractivity contribution in [1.29, 1.82) is 0 Å². The summed E-state index contributed by atoms with van der Waals surface area (Å²) in [6.45, 7) is 0. The zero-order valence-corrected chi connectivity index (χ0v) is 7.85. The van der Waals surface area contributed by atoms with Crippen LogP contribution in [0.5, 0.6) is 0 Å². The second-order valence-electron chi connectivity index (χ2n) is 2.24. The quantitative estimate of drug-likeness (QED) is 0.643. The third-order valence-electron chi connectivity index (χ3n) is 1.53. The molecule has 0 radical (unpaired) electrons. The van der Waals surface area contributed by atoms with E-state index in [1.807, 2.05) is 11.5 Å². The van der Waals surface area contributed by atoms with Gasteiger partial charge < -0.3 is 0 Å². The fourth-order valence-electron chi connectivity index (χ4n) is 1.02. The first-order valence-corrected chi connectivity index (χ1v) is 4.75. The van der Waals surface area contributed by atoms with Crippen LogP contribution in [0.2, 0.25) is 0 Å². The molecular weight excluding hydrogens is 226 g/mol. The van der Waals surface area contributed by atoms with Gasteiger partial charge in [0.2, 0.25) is 0 Å². The predicted molar refractivity (Wildman–Crippen MR) is 50.0 cm³/mol. The van der Waals surface area contributed by atoms with Gasteiger partial charge in [0.05, 0.1) is 5.71 Å². The summed E-state index contributed by atoms with van der Waals surface area (Å²) in [6, 6.07) is 0.0835. The van der Waals surface area contributed by atoms with Gasteiger partial charge in [-0.1, -0.05) is 27.7 Å². The number of aldehydes is 1. The van der Waals surface area contributed by atoms with Crippen molar-refractivity contribution in [2.75, 3.05) is 0 Å². The Labute approximate surface area is 76.6 Å². The Hall–Kier alpha value is -0.350. The molecule has 0 saturated carbocycles. The van der Waals surface area contributed by atoms with E-state index in [2.05, 4.69) is 20.9 Å². The highest BCUT2D eigenvalue weighted by Crippen LogP contribution is 2.41. The maximum Gasteiger partial charge on any atom is 0.168 e. The highest BCUT2D eigenvalue weighted by molar-refractivity contribution is 9.11. The van der Waals surface area contributed by atoms with Gasteiger partial charge in [-0.2, -0.15) is 0 Å². The second-order valence-corrected chi connectivity index (χ2v) is 4.10. The Kier molecular flexibility index (Phi) is 1.73. The highest BCUT2D eigenvalue weighted by atomic mass is 79.9. The number of hydrogen-bond donors (Lipinski definition) is 0. The van der Waals surface area contributed by atoms with Crippen LogP contribution in [0, 0.1) is 0 Å². The molecule has 2 aliphatic rings. The summed E-state index contributed by atoms with van der Waals surface area (Å²) in [4.78, 5) is 15.6. The minimum absolute atomic E-state index is 0.0835. The fraction of sp³-hybridized carbons (Fsp3) is 0.143. The molecule has 2 nitrogen and oxygen atoms in total. The van der Waals surface area contributed by atoms with Gasteiger partial charge in [0.25, 0.3) is 0 Å². The second kappa shape index (κ2) is 2.60. The first-order chi connectivity index (χ1) is 5.31. The summed E-state index contributed by atoms with van der Waals surface area (Å²) in [5, 5.41) is 2.00. The van der Waals surface area contributed by atoms with Crippen molar-refractivity contribution in [3.05, 3.63) is 20.9 Å². The maximum atomic E-state index is 10.3. The van der Waals surface area contributed by atoms with Crippen LogP contribution < -0.4 is 0 Å². The van der Waals surface area contributed by atoms with Gasteiger partial charge >= 0.3 is 0 Å². The van der Waals surface area contributed by atoms with Crippen LogP contribution in [0.25, 0.3) is 0 Å². The van der Waals surface area contributed by atoms with Crippen LogP contribution in [0.1, 0.15) is 0 Å². The van der Waals surface area contributed by atoms with Crippen LogP contribution in [0.3, 0.4) is 0 Å². The number of carbonyl (C=O) groups excluding carboxylic acids is 1. The number of nitrogens with zero attached hydrogens (tertiary/aromatic N) is 1. The largest absolute Gasteiger partial charge is 0.296 e. The molecule has 2 rings (SSSR count). The van der Waals surface area contributed by atoms with Crippen molar-refractivity contribution in [1.82, 2.24) is 0 Å². The average Bonchev–Trinajstić information content (AvgIpc) is 2.53. The zero-order chi connectivity index (χ0) is 7.84. The van der Waals surface area contributed by atoms with Gasteiger partial charge in [0.15, 0.2) is 6.29 Å². The monoisotopic (exact) mass is 229 g/mol. The molecule has 2 heterocycles. The first-order valence-electron chi connectivity index (χ1n) is 3.08. The third-order valence-corrected chi connectivity index (χ3v) is 3.48. The van der Waals surface area contributed by atoms with E-state index in [-0.39, 0.29) is 6.04 Å². The van der Waals surface area contributed by atoms with Gasteiger partial charge in [-0.3, -0.25) is 9.79 Å². The number of halogens is 1. The minimum atomic E-state index is 0.0835. The molecule has 0 aliphatic carbocycles. The van der Waals surface area contributed by atoms with Crippen LogP contribution in [-0.2, 0) is 4.79 Å². The van der Waals surface area contributed by atoms with Crippen molar-refractivity contribution < 1.29 is 4.79 Å². The van der Waals surface area contributed by atoms with E-state index in [0.29, 0.717) is 5.71 Å². The Morgan fingerprint density at radius 1 is 1.73 bits per heavy atom. The summed E-state index contributed by atoms with van der Waals surface area (Å²) in [5.74, 6) is 0. The molecule has 11 heavy (non-hydrogen) atoms. The summed E-state index contributed by atoms with van der Waals surface area (Å²) in [5.41, 5.74) is 0.544. The van der Waals surface area contributed by atoms with Crippen molar-refractivity contribution in [2.24, 2.45) is 4.99 Å². The van der Waals surface area contributed by atoms with Gasteiger partial charge in [0.1, 0.15) is 6.04 Å². The fourth-order valence-corrected chi connectivity index (χ4v) is 2.68. The van der Waals surface area contributed by atoms with E-state index >= 15 is 0 Å². The Balaban J connectivity index is 2.35. The van der Waals surface area contributed by atoms with Crippen LogP contribution in [-0.4, -0.2) is 18.0 Å². The van der Waals surface area contributed by atoms with Crippen molar-refractivity contribution in [3.63, 3.8) is 0 Å². The van der Waals surface area contributed by atoms with Crippen LogP contribution in [0.4, 0.5) is 0 Å². The Morgan fingerprint density at radius 3 is 3.18 bits per heavy atom. The van der Waals surface area contributed by atoms with E-state index < -0.39 is 0 Å². The molecule has 0 aromatic carbocycles. The molecule has 0 fully saturated rings. The molecule has 2 aliphatic heterocycles. The Morgan fingerprint density at radius 2 is 2.55 bits per heavy atom. The lowest BCUT2D eigenvalue weighted by Crippen LogP contribution is -1.97. The van der Waals surface area contributed by atoms with Gasteiger partial charge in [0, 0.05) is 9.39 Å². The standard InChI is InChI=1S/C7H4BrNOS/c8-5-3-11-6-1-4(2-10)9-7(5)6/h1-3,7H. The Bertz CT molecular complexity index is 306. The number of fused-ring (bicyclic) bond motifs is 1. The molecule has 1 atom stereocenters. The first kappa shape index (κ1) is 7.31. The van der Waals surface area contributed by atoms with Crippen LogP contribution in [0.15, 0.2) is 25.9 Å². The molecular formula is C7H4BrNOS. The predicted octanol–water partition coefficient (Wildman–Crippen LogP) is 1.88. The van der Waals surface area contributed by atoms with Crippen molar-refractivity contribution >= 4 is 39.7 Å². The van der Waals surface area contributed by atoms with Crippen molar-refractivity contribution in [3.8, 4) is 0 Å². The molecule has 4 heteroatoms. The SMILES string of the molecule is O=CC1=NC2C(Br)=CSC2=C1. The highest BCUT2D eigenvalue weighted by Gasteiger charge is 2.27. The number of allylic oxidation sites excluding steroid dienone is 1. The summed E-state index contributed by atoms with van der Waals surface area (Å²) in [6.07, 6.45) is 2.61. The summed E-state index contributed by atoms with van der Waals surface area (Å²) >= 11 is 5.00. The van der Waals surface area contributed by atoms with E-state index in [0.717, 1.165) is 15.7 Å². The maximum absolute atomic E-state index is 10.3. The molecule has 1 unspecified atom stereocenters. The van der Waals surface area contributed by atoms with Gasteiger partial charge in [-0.05, 0) is 11.5 Å². The lowest BCUT2D eigenvalue weighted by Gasteiger charge is -1.98. The normalized spacial score (nSPS) is 27.4. The number of thioether (sulfide) groups is 1. The molecule has 0 saturated heterocycles. The molecule has 0 N–H and O–H groups in total. The van der Waals surface area contributed by atoms with E-state index in [9.17, 15) is 4.79 Å².